The van der Waals surface area contributed by atoms with E-state index in [0.717, 1.165) is 24.1 Å². The van der Waals surface area contributed by atoms with Crippen molar-refractivity contribution < 1.29 is 9.90 Å². The second kappa shape index (κ2) is 9.87. The predicted molar refractivity (Wildman–Crippen MR) is 120 cm³/mol. The van der Waals surface area contributed by atoms with Crippen LogP contribution in [0.4, 0.5) is 11.5 Å². The second-order valence-electron chi connectivity index (χ2n) is 7.28. The van der Waals surface area contributed by atoms with E-state index in [1.807, 2.05) is 31.2 Å². The number of nitrogens with zero attached hydrogens (tertiary/aromatic N) is 4. The van der Waals surface area contributed by atoms with E-state index in [0.29, 0.717) is 41.9 Å². The first-order chi connectivity index (χ1) is 14.5. The van der Waals surface area contributed by atoms with Crippen molar-refractivity contribution in [3.05, 3.63) is 41.7 Å². The number of H-pyrrole nitrogens is 1. The SMILES string of the molecule is CCCCC(=O)N(C)CCNc1ncnc2[nH]c(O)c(C=Nc3cccc(C)c3)c12. The molecule has 2 aromatic heterocycles. The number of benzene rings is 1. The summed E-state index contributed by atoms with van der Waals surface area (Å²) in [5.41, 5.74) is 2.93. The molecule has 158 valence electrons. The van der Waals surface area contributed by atoms with Crippen LogP contribution in [0.5, 0.6) is 5.88 Å². The van der Waals surface area contributed by atoms with Gasteiger partial charge >= 0.3 is 0 Å². The number of hydrogen-bond acceptors (Lipinski definition) is 6. The molecule has 0 unspecified atom stereocenters. The van der Waals surface area contributed by atoms with E-state index in [1.165, 1.54) is 6.33 Å². The van der Waals surface area contributed by atoms with Crippen LogP contribution in [0.2, 0.25) is 0 Å². The first kappa shape index (κ1) is 21.3. The lowest BCUT2D eigenvalue weighted by Gasteiger charge is -2.17. The summed E-state index contributed by atoms with van der Waals surface area (Å²) in [7, 11) is 1.80. The van der Waals surface area contributed by atoms with Gasteiger partial charge < -0.3 is 20.3 Å². The minimum atomic E-state index is -0.0168. The molecule has 2 heterocycles. The molecular weight excluding hydrogens is 380 g/mol. The molecule has 0 aliphatic carbocycles. The van der Waals surface area contributed by atoms with Crippen LogP contribution in [-0.2, 0) is 4.79 Å². The summed E-state index contributed by atoms with van der Waals surface area (Å²) in [5.74, 6) is 0.699. The third kappa shape index (κ3) is 5.14. The van der Waals surface area contributed by atoms with Crippen molar-refractivity contribution >= 4 is 34.7 Å². The normalized spacial score (nSPS) is 11.3. The molecule has 3 rings (SSSR count). The lowest BCUT2D eigenvalue weighted by Crippen LogP contribution is -2.31. The van der Waals surface area contributed by atoms with Crippen LogP contribution in [0.15, 0.2) is 35.6 Å². The monoisotopic (exact) mass is 408 g/mol. The number of aryl methyl sites for hydroxylation is 1. The van der Waals surface area contributed by atoms with Crippen molar-refractivity contribution in [1.29, 1.82) is 0 Å². The van der Waals surface area contributed by atoms with E-state index in [2.05, 4.69) is 32.2 Å². The number of aromatic amines is 1. The molecule has 3 aromatic rings. The Balaban J connectivity index is 1.77. The van der Waals surface area contributed by atoms with Gasteiger partial charge in [-0.2, -0.15) is 0 Å². The number of aromatic hydroxyl groups is 1. The third-order valence-electron chi connectivity index (χ3n) is 4.86. The fourth-order valence-corrected chi connectivity index (χ4v) is 3.13. The van der Waals surface area contributed by atoms with Crippen LogP contribution in [0.1, 0.15) is 37.3 Å². The number of fused-ring (bicyclic) bond motifs is 1. The highest BCUT2D eigenvalue weighted by Gasteiger charge is 2.15. The molecule has 8 nitrogen and oxygen atoms in total. The predicted octanol–water partition coefficient (Wildman–Crippen LogP) is 3.78. The summed E-state index contributed by atoms with van der Waals surface area (Å²) >= 11 is 0. The quantitative estimate of drug-likeness (QED) is 0.467. The lowest BCUT2D eigenvalue weighted by molar-refractivity contribution is -0.129. The Hall–Kier alpha value is -3.42. The minimum absolute atomic E-state index is 0.0168. The molecule has 0 atom stereocenters. The van der Waals surface area contributed by atoms with Gasteiger partial charge in [-0.3, -0.25) is 9.79 Å². The van der Waals surface area contributed by atoms with Crippen LogP contribution in [0.25, 0.3) is 11.0 Å². The maximum Gasteiger partial charge on any atom is 0.222 e. The molecule has 0 saturated heterocycles. The van der Waals surface area contributed by atoms with E-state index < -0.39 is 0 Å². The molecule has 8 heteroatoms. The van der Waals surface area contributed by atoms with Gasteiger partial charge in [0.2, 0.25) is 5.91 Å². The molecular formula is C22H28N6O2. The Labute approximate surface area is 176 Å². The zero-order valence-corrected chi connectivity index (χ0v) is 17.6. The fourth-order valence-electron chi connectivity index (χ4n) is 3.13. The molecule has 1 amide bonds. The van der Waals surface area contributed by atoms with Crippen molar-refractivity contribution in [3.63, 3.8) is 0 Å². The van der Waals surface area contributed by atoms with E-state index in [9.17, 15) is 9.90 Å². The number of rotatable bonds is 9. The number of anilines is 1. The number of hydrogen-bond donors (Lipinski definition) is 3. The van der Waals surface area contributed by atoms with E-state index in [1.54, 1.807) is 18.2 Å². The van der Waals surface area contributed by atoms with Gasteiger partial charge in [0.1, 0.15) is 17.8 Å². The Morgan fingerprint density at radius 2 is 2.20 bits per heavy atom. The smallest absolute Gasteiger partial charge is 0.222 e. The Bertz CT molecular complexity index is 1040. The molecule has 0 radical (unpaired) electrons. The first-order valence-electron chi connectivity index (χ1n) is 10.1. The first-order valence-corrected chi connectivity index (χ1v) is 10.1. The molecule has 30 heavy (non-hydrogen) atoms. The summed E-state index contributed by atoms with van der Waals surface area (Å²) in [4.78, 5) is 29.7. The van der Waals surface area contributed by atoms with Gasteiger partial charge in [0, 0.05) is 32.8 Å². The van der Waals surface area contributed by atoms with Crippen LogP contribution in [0, 0.1) is 6.92 Å². The standard InChI is InChI=1S/C22H28N6O2/c1-4-5-9-18(29)28(3)11-10-23-20-19-17(22(30)27-21(19)26-14-25-20)13-24-16-8-6-7-15(2)12-16/h6-8,12-14,30H,4-5,9-11H2,1-3H3,(H2,23,25,26,27). The molecule has 1 aromatic carbocycles. The fraction of sp³-hybridized carbons (Fsp3) is 0.364. The molecule has 0 saturated carbocycles. The Morgan fingerprint density at radius 1 is 1.37 bits per heavy atom. The zero-order chi connectivity index (χ0) is 21.5. The molecule has 3 N–H and O–H groups in total. The van der Waals surface area contributed by atoms with Crippen LogP contribution in [-0.4, -0.2) is 57.2 Å². The maximum absolute atomic E-state index is 12.1. The van der Waals surface area contributed by atoms with E-state index in [4.69, 9.17) is 0 Å². The number of nitrogens with one attached hydrogen (secondary N) is 2. The molecule has 0 bridgehead atoms. The van der Waals surface area contributed by atoms with Gasteiger partial charge in [-0.05, 0) is 31.0 Å². The minimum Gasteiger partial charge on any atom is -0.494 e. The summed E-state index contributed by atoms with van der Waals surface area (Å²) in [6.07, 6.45) is 5.50. The van der Waals surface area contributed by atoms with Crippen molar-refractivity contribution in [3.8, 4) is 5.88 Å². The number of unbranched alkanes of at least 4 members (excludes halogenated alkanes) is 1. The number of likely N-dealkylation sites (N-methyl/N-ethyl adjacent to an activating group) is 1. The number of aliphatic imine (C=N–C) groups is 1. The molecule has 0 spiro atoms. The van der Waals surface area contributed by atoms with Crippen molar-refractivity contribution in [2.75, 3.05) is 25.5 Å². The highest BCUT2D eigenvalue weighted by atomic mass is 16.3. The van der Waals surface area contributed by atoms with Gasteiger partial charge in [0.05, 0.1) is 16.6 Å². The number of carbonyl (C=O) groups excluding carboxylic acids is 1. The highest BCUT2D eigenvalue weighted by Crippen LogP contribution is 2.29. The average Bonchev–Trinajstić information content (AvgIpc) is 3.06. The van der Waals surface area contributed by atoms with Gasteiger partial charge in [-0.25, -0.2) is 9.97 Å². The van der Waals surface area contributed by atoms with Crippen molar-refractivity contribution in [1.82, 2.24) is 19.9 Å². The van der Waals surface area contributed by atoms with Gasteiger partial charge in [0.15, 0.2) is 5.88 Å². The van der Waals surface area contributed by atoms with Crippen LogP contribution in [0.3, 0.4) is 0 Å². The lowest BCUT2D eigenvalue weighted by atomic mass is 10.2. The summed E-state index contributed by atoms with van der Waals surface area (Å²) in [5, 5.41) is 14.3. The maximum atomic E-state index is 12.1. The van der Waals surface area contributed by atoms with Crippen molar-refractivity contribution in [2.24, 2.45) is 4.99 Å². The number of amides is 1. The van der Waals surface area contributed by atoms with Crippen molar-refractivity contribution in [2.45, 2.75) is 33.1 Å². The third-order valence-corrected chi connectivity index (χ3v) is 4.86. The molecule has 0 aliphatic heterocycles. The summed E-state index contributed by atoms with van der Waals surface area (Å²) in [6, 6.07) is 7.80. The summed E-state index contributed by atoms with van der Waals surface area (Å²) < 4.78 is 0. The second-order valence-corrected chi connectivity index (χ2v) is 7.28. The van der Waals surface area contributed by atoms with E-state index in [-0.39, 0.29) is 11.8 Å². The van der Waals surface area contributed by atoms with Crippen LogP contribution >= 0.6 is 0 Å². The summed E-state index contributed by atoms with van der Waals surface area (Å²) in [6.45, 7) is 5.15. The van der Waals surface area contributed by atoms with Crippen LogP contribution < -0.4 is 5.32 Å². The van der Waals surface area contributed by atoms with E-state index >= 15 is 0 Å². The topological polar surface area (TPSA) is 106 Å². The largest absolute Gasteiger partial charge is 0.494 e. The Morgan fingerprint density at radius 3 is 2.97 bits per heavy atom. The van der Waals surface area contributed by atoms with Gasteiger partial charge in [0.25, 0.3) is 0 Å². The molecule has 0 fully saturated rings. The average molecular weight is 409 g/mol. The van der Waals surface area contributed by atoms with Gasteiger partial charge in [-0.1, -0.05) is 25.5 Å². The number of aromatic nitrogens is 3. The zero-order valence-electron chi connectivity index (χ0n) is 17.6. The number of carbonyl (C=O) groups is 1. The molecule has 0 aliphatic rings. The Kier molecular flexibility index (Phi) is 7.00. The highest BCUT2D eigenvalue weighted by molar-refractivity contribution is 6.06. The van der Waals surface area contributed by atoms with Gasteiger partial charge in [-0.15, -0.1) is 0 Å².